The molecule has 3 fully saturated rings. The van der Waals surface area contributed by atoms with Crippen molar-refractivity contribution in [3.63, 3.8) is 0 Å². The zero-order valence-corrected chi connectivity index (χ0v) is 13.0. The molecule has 1 N–H and O–H groups in total. The van der Waals surface area contributed by atoms with Gasteiger partial charge in [-0.1, -0.05) is 23.7 Å². The van der Waals surface area contributed by atoms with E-state index in [9.17, 15) is 4.79 Å². The monoisotopic (exact) mass is 322 g/mol. The fourth-order valence-electron chi connectivity index (χ4n) is 3.37. The SMILES string of the molecule is O=C(N[C@@H]1C[C@@H]1c1cccc(Cl)c1)N1CCC2(C1)OCCO2. The van der Waals surface area contributed by atoms with Crippen molar-refractivity contribution in [2.45, 2.75) is 30.6 Å². The van der Waals surface area contributed by atoms with Gasteiger partial charge in [0.25, 0.3) is 0 Å². The number of amides is 2. The van der Waals surface area contributed by atoms with Gasteiger partial charge >= 0.3 is 6.03 Å². The number of nitrogens with one attached hydrogen (secondary N) is 1. The number of ether oxygens (including phenoxy) is 2. The molecule has 0 unspecified atom stereocenters. The number of benzene rings is 1. The molecule has 1 aliphatic carbocycles. The molecule has 1 saturated carbocycles. The summed E-state index contributed by atoms with van der Waals surface area (Å²) in [5.41, 5.74) is 1.19. The first-order chi connectivity index (χ1) is 10.7. The summed E-state index contributed by atoms with van der Waals surface area (Å²) < 4.78 is 11.3. The molecule has 2 atom stereocenters. The van der Waals surface area contributed by atoms with Crippen molar-refractivity contribution in [2.24, 2.45) is 0 Å². The van der Waals surface area contributed by atoms with E-state index in [0.29, 0.717) is 32.2 Å². The normalized spacial score (nSPS) is 29.0. The van der Waals surface area contributed by atoms with Crippen molar-refractivity contribution in [1.82, 2.24) is 10.2 Å². The van der Waals surface area contributed by atoms with Crippen LogP contribution in [0.4, 0.5) is 4.79 Å². The highest BCUT2D eigenvalue weighted by atomic mass is 35.5. The van der Waals surface area contributed by atoms with E-state index < -0.39 is 5.79 Å². The number of hydrogen-bond donors (Lipinski definition) is 1. The fourth-order valence-corrected chi connectivity index (χ4v) is 3.57. The lowest BCUT2D eigenvalue weighted by molar-refractivity contribution is -0.143. The van der Waals surface area contributed by atoms with Crippen LogP contribution in [0.2, 0.25) is 5.02 Å². The van der Waals surface area contributed by atoms with Crippen LogP contribution >= 0.6 is 11.6 Å². The average molecular weight is 323 g/mol. The summed E-state index contributed by atoms with van der Waals surface area (Å²) in [5, 5.41) is 3.85. The van der Waals surface area contributed by atoms with Crippen LogP contribution in [0.5, 0.6) is 0 Å². The van der Waals surface area contributed by atoms with Crippen molar-refractivity contribution >= 4 is 17.6 Å². The van der Waals surface area contributed by atoms with Gasteiger partial charge in [-0.25, -0.2) is 4.79 Å². The molecule has 3 aliphatic rings. The Kier molecular flexibility index (Phi) is 3.51. The van der Waals surface area contributed by atoms with Gasteiger partial charge in [0, 0.05) is 29.9 Å². The molecule has 0 aromatic heterocycles. The highest BCUT2D eigenvalue weighted by Gasteiger charge is 2.46. The van der Waals surface area contributed by atoms with Crippen molar-refractivity contribution in [3.8, 4) is 0 Å². The molecule has 2 saturated heterocycles. The summed E-state index contributed by atoms with van der Waals surface area (Å²) in [6.45, 7) is 2.44. The van der Waals surface area contributed by atoms with E-state index in [1.165, 1.54) is 5.56 Å². The van der Waals surface area contributed by atoms with Crippen LogP contribution in [-0.4, -0.2) is 49.1 Å². The summed E-state index contributed by atoms with van der Waals surface area (Å²) in [6.07, 6.45) is 1.72. The molecule has 5 nitrogen and oxygen atoms in total. The molecular weight excluding hydrogens is 304 g/mol. The van der Waals surface area contributed by atoms with E-state index in [0.717, 1.165) is 17.9 Å². The quantitative estimate of drug-likeness (QED) is 0.909. The number of rotatable bonds is 2. The van der Waals surface area contributed by atoms with Crippen LogP contribution in [0.15, 0.2) is 24.3 Å². The lowest BCUT2D eigenvalue weighted by atomic mass is 10.1. The van der Waals surface area contributed by atoms with Crippen molar-refractivity contribution in [3.05, 3.63) is 34.9 Å². The number of halogens is 1. The molecule has 1 aromatic rings. The Hall–Kier alpha value is -1.30. The van der Waals surface area contributed by atoms with Gasteiger partial charge in [0.05, 0.1) is 19.8 Å². The van der Waals surface area contributed by atoms with Crippen LogP contribution in [0.25, 0.3) is 0 Å². The maximum absolute atomic E-state index is 12.4. The van der Waals surface area contributed by atoms with Gasteiger partial charge in [-0.15, -0.1) is 0 Å². The van der Waals surface area contributed by atoms with Crippen molar-refractivity contribution in [2.75, 3.05) is 26.3 Å². The molecule has 1 aromatic carbocycles. The minimum atomic E-state index is -0.548. The second kappa shape index (κ2) is 5.41. The predicted octanol–water partition coefficient (Wildman–Crippen LogP) is 2.35. The van der Waals surface area contributed by atoms with Crippen LogP contribution in [0.1, 0.15) is 24.3 Å². The zero-order chi connectivity index (χ0) is 15.2. The lowest BCUT2D eigenvalue weighted by Gasteiger charge is -2.22. The summed E-state index contributed by atoms with van der Waals surface area (Å²) in [4.78, 5) is 14.1. The Morgan fingerprint density at radius 3 is 2.95 bits per heavy atom. The van der Waals surface area contributed by atoms with Crippen LogP contribution in [-0.2, 0) is 9.47 Å². The number of hydrogen-bond acceptors (Lipinski definition) is 3. The average Bonchev–Trinajstić information content (AvgIpc) is 2.95. The molecule has 2 heterocycles. The molecule has 2 amide bonds. The summed E-state index contributed by atoms with van der Waals surface area (Å²) in [7, 11) is 0. The summed E-state index contributed by atoms with van der Waals surface area (Å²) in [5.74, 6) is -0.175. The molecule has 4 rings (SSSR count). The highest BCUT2D eigenvalue weighted by molar-refractivity contribution is 6.30. The van der Waals surface area contributed by atoms with E-state index in [1.807, 2.05) is 18.2 Å². The fraction of sp³-hybridized carbons (Fsp3) is 0.562. The third-order valence-corrected chi connectivity index (χ3v) is 4.91. The third-order valence-electron chi connectivity index (χ3n) is 4.67. The maximum Gasteiger partial charge on any atom is 0.317 e. The molecule has 2 aliphatic heterocycles. The van der Waals surface area contributed by atoms with Crippen molar-refractivity contribution < 1.29 is 14.3 Å². The van der Waals surface area contributed by atoms with E-state index in [1.54, 1.807) is 4.90 Å². The predicted molar refractivity (Wildman–Crippen MR) is 82.0 cm³/mol. The molecule has 0 bridgehead atoms. The van der Waals surface area contributed by atoms with Gasteiger partial charge in [0.2, 0.25) is 0 Å². The zero-order valence-electron chi connectivity index (χ0n) is 12.3. The first-order valence-electron chi connectivity index (χ1n) is 7.74. The van der Waals surface area contributed by atoms with E-state index >= 15 is 0 Å². The molecule has 118 valence electrons. The Morgan fingerprint density at radius 1 is 1.36 bits per heavy atom. The van der Waals surface area contributed by atoms with Gasteiger partial charge < -0.3 is 19.7 Å². The molecular formula is C16H19ClN2O3. The van der Waals surface area contributed by atoms with Gasteiger partial charge in [-0.2, -0.15) is 0 Å². The second-order valence-electron chi connectivity index (χ2n) is 6.23. The van der Waals surface area contributed by atoms with Crippen LogP contribution in [0, 0.1) is 0 Å². The third kappa shape index (κ3) is 2.69. The first-order valence-corrected chi connectivity index (χ1v) is 8.12. The van der Waals surface area contributed by atoms with Crippen LogP contribution < -0.4 is 5.32 Å². The van der Waals surface area contributed by atoms with Gasteiger partial charge in [0.1, 0.15) is 0 Å². The Labute approximate surface area is 134 Å². The minimum Gasteiger partial charge on any atom is -0.346 e. The van der Waals surface area contributed by atoms with E-state index in [2.05, 4.69) is 11.4 Å². The Morgan fingerprint density at radius 2 is 2.18 bits per heavy atom. The Balaban J connectivity index is 1.32. The molecule has 0 radical (unpaired) electrons. The largest absolute Gasteiger partial charge is 0.346 e. The molecule has 6 heteroatoms. The molecule has 1 spiro atoms. The highest BCUT2D eigenvalue weighted by Crippen LogP contribution is 2.41. The number of nitrogens with zero attached hydrogens (tertiary/aromatic N) is 1. The number of urea groups is 1. The van der Waals surface area contributed by atoms with Gasteiger partial charge in [-0.05, 0) is 24.1 Å². The Bertz CT molecular complexity index is 589. The number of carbonyl (C=O) groups excluding carboxylic acids is 1. The second-order valence-corrected chi connectivity index (χ2v) is 6.67. The summed E-state index contributed by atoms with van der Waals surface area (Å²) in [6, 6.07) is 8.04. The van der Waals surface area contributed by atoms with Crippen LogP contribution in [0.3, 0.4) is 0 Å². The smallest absolute Gasteiger partial charge is 0.317 e. The van der Waals surface area contributed by atoms with Gasteiger partial charge in [0.15, 0.2) is 5.79 Å². The molecule has 22 heavy (non-hydrogen) atoms. The topological polar surface area (TPSA) is 50.8 Å². The minimum absolute atomic E-state index is 0.0227. The van der Waals surface area contributed by atoms with E-state index in [4.69, 9.17) is 21.1 Å². The van der Waals surface area contributed by atoms with E-state index in [-0.39, 0.29) is 12.1 Å². The first kappa shape index (κ1) is 14.3. The lowest BCUT2D eigenvalue weighted by Crippen LogP contribution is -2.43. The maximum atomic E-state index is 12.4. The standard InChI is InChI=1S/C16H19ClN2O3/c17-12-3-1-2-11(8-12)13-9-14(13)18-15(20)19-5-4-16(10-19)21-6-7-22-16/h1-3,8,13-14H,4-7,9-10H2,(H,18,20)/t13-,14-/m1/s1. The van der Waals surface area contributed by atoms with Gasteiger partial charge in [-0.3, -0.25) is 0 Å². The number of likely N-dealkylation sites (tertiary alicyclic amines) is 1. The number of carbonyl (C=O) groups is 1. The van der Waals surface area contributed by atoms with Crippen molar-refractivity contribution in [1.29, 1.82) is 0 Å². The summed E-state index contributed by atoms with van der Waals surface area (Å²) >= 11 is 6.02.